The molecule has 0 bridgehead atoms. The molecule has 2 aliphatic carbocycles. The lowest BCUT2D eigenvalue weighted by molar-refractivity contribution is 0.669. The summed E-state index contributed by atoms with van der Waals surface area (Å²) in [6.45, 7) is 0. The Morgan fingerprint density at radius 1 is 0.279 bits per heavy atom. The first-order valence-electron chi connectivity index (χ1n) is 23.2. The van der Waals surface area contributed by atoms with Gasteiger partial charge in [-0.25, -0.2) is 15.0 Å². The number of furan rings is 1. The van der Waals surface area contributed by atoms with Crippen LogP contribution in [0.3, 0.4) is 0 Å². The summed E-state index contributed by atoms with van der Waals surface area (Å²) in [7, 11) is 0. The van der Waals surface area contributed by atoms with Crippen LogP contribution in [0.15, 0.2) is 241 Å². The molecule has 0 unspecified atom stereocenters. The third-order valence-corrected chi connectivity index (χ3v) is 14.2. The Bertz CT molecular complexity index is 3930. The number of rotatable bonds is 6. The van der Waals surface area contributed by atoms with Gasteiger partial charge in [-0.2, -0.15) is 0 Å². The smallest absolute Gasteiger partial charge is 0.164 e. The van der Waals surface area contributed by atoms with Crippen molar-refractivity contribution < 1.29 is 4.42 Å². The topological polar surface area (TPSA) is 51.8 Å². The summed E-state index contributed by atoms with van der Waals surface area (Å²) < 4.78 is 6.22. The molecule has 0 aliphatic heterocycles. The van der Waals surface area contributed by atoms with Crippen LogP contribution >= 0.6 is 0 Å². The van der Waals surface area contributed by atoms with Crippen LogP contribution in [0.2, 0.25) is 0 Å². The average molecular weight is 866 g/mol. The Kier molecular flexibility index (Phi) is 8.46. The van der Waals surface area contributed by atoms with E-state index in [1.165, 1.54) is 55.6 Å². The number of hydrogen-bond acceptors (Lipinski definition) is 4. The first-order chi connectivity index (χ1) is 33.7. The number of para-hydroxylation sites is 1. The van der Waals surface area contributed by atoms with Gasteiger partial charge < -0.3 is 4.42 Å². The summed E-state index contributed by atoms with van der Waals surface area (Å²) in [5.74, 6) is 1.86. The van der Waals surface area contributed by atoms with Crippen molar-refractivity contribution in [1.29, 1.82) is 0 Å². The number of aromatic nitrogens is 3. The number of nitrogens with zero attached hydrogens (tertiary/aromatic N) is 3. The zero-order valence-electron chi connectivity index (χ0n) is 36.8. The average Bonchev–Trinajstić information content (AvgIpc) is 4.06. The van der Waals surface area contributed by atoms with Crippen molar-refractivity contribution in [3.63, 3.8) is 0 Å². The summed E-state index contributed by atoms with van der Waals surface area (Å²) >= 11 is 0. The summed E-state index contributed by atoms with van der Waals surface area (Å²) in [5.41, 5.74) is 21.5. The molecule has 316 valence electrons. The SMILES string of the molecule is c1ccc(-c2nc(-c3ccc(-c4cccc5oc6ccccc6c45)cc3)nc(-c3cccc(-c4cccc(-c5cccc6c5-c5ccccc5C65c6ccccc6-c6ccccc65)c4)c3)n2)cc1. The zero-order valence-corrected chi connectivity index (χ0v) is 36.8. The van der Waals surface area contributed by atoms with E-state index < -0.39 is 5.41 Å². The van der Waals surface area contributed by atoms with Crippen molar-refractivity contribution in [2.24, 2.45) is 0 Å². The van der Waals surface area contributed by atoms with Gasteiger partial charge in [0, 0.05) is 27.5 Å². The predicted octanol–water partition coefficient (Wildman–Crippen LogP) is 16.1. The quantitative estimate of drug-likeness (QED) is 0.167. The molecule has 1 spiro atoms. The lowest BCUT2D eigenvalue weighted by atomic mass is 9.70. The van der Waals surface area contributed by atoms with Crippen LogP contribution in [-0.2, 0) is 5.41 Å². The molecule has 2 aliphatic rings. The molecule has 10 aromatic carbocycles. The molecule has 14 rings (SSSR count). The molecule has 2 aromatic heterocycles. The van der Waals surface area contributed by atoms with Crippen molar-refractivity contribution in [3.05, 3.63) is 259 Å². The van der Waals surface area contributed by atoms with Crippen LogP contribution in [0.4, 0.5) is 0 Å². The van der Waals surface area contributed by atoms with Gasteiger partial charge in [-0.05, 0) is 102 Å². The normalized spacial score (nSPS) is 12.8. The number of fused-ring (bicyclic) bond motifs is 13. The van der Waals surface area contributed by atoms with Crippen LogP contribution in [0.25, 0.3) is 112 Å². The van der Waals surface area contributed by atoms with Crippen LogP contribution in [0.5, 0.6) is 0 Å². The zero-order chi connectivity index (χ0) is 44.8. The summed E-state index contributed by atoms with van der Waals surface area (Å²) in [5, 5.41) is 2.22. The highest BCUT2D eigenvalue weighted by molar-refractivity contribution is 6.12. The minimum Gasteiger partial charge on any atom is -0.456 e. The summed E-state index contributed by atoms with van der Waals surface area (Å²) in [6, 6.07) is 84.6. The van der Waals surface area contributed by atoms with Crippen molar-refractivity contribution in [3.8, 4) is 89.8 Å². The maximum Gasteiger partial charge on any atom is 0.164 e. The van der Waals surface area contributed by atoms with Crippen molar-refractivity contribution >= 4 is 21.9 Å². The van der Waals surface area contributed by atoms with E-state index in [-0.39, 0.29) is 0 Å². The van der Waals surface area contributed by atoms with E-state index in [0.29, 0.717) is 17.5 Å². The molecular weight excluding hydrogens is 827 g/mol. The third-order valence-electron chi connectivity index (χ3n) is 14.2. The molecule has 4 heteroatoms. The summed E-state index contributed by atoms with van der Waals surface area (Å²) in [4.78, 5) is 15.4. The van der Waals surface area contributed by atoms with Gasteiger partial charge in [0.2, 0.25) is 0 Å². The van der Waals surface area contributed by atoms with E-state index in [2.05, 4.69) is 200 Å². The highest BCUT2D eigenvalue weighted by Crippen LogP contribution is 2.64. The number of hydrogen-bond donors (Lipinski definition) is 0. The van der Waals surface area contributed by atoms with Crippen LogP contribution < -0.4 is 0 Å². The lowest BCUT2D eigenvalue weighted by Crippen LogP contribution is -2.25. The number of benzene rings is 10. The van der Waals surface area contributed by atoms with E-state index >= 15 is 0 Å². The monoisotopic (exact) mass is 865 g/mol. The second-order valence-corrected chi connectivity index (χ2v) is 17.8. The molecule has 68 heavy (non-hydrogen) atoms. The first-order valence-corrected chi connectivity index (χ1v) is 23.2. The van der Waals surface area contributed by atoms with Crippen LogP contribution in [-0.4, -0.2) is 15.0 Å². The Hall–Kier alpha value is -8.99. The molecule has 0 atom stereocenters. The first kappa shape index (κ1) is 38.3. The van der Waals surface area contributed by atoms with Crippen LogP contribution in [0.1, 0.15) is 22.3 Å². The molecule has 0 amide bonds. The molecule has 0 saturated carbocycles. The Morgan fingerprint density at radius 3 is 1.44 bits per heavy atom. The molecule has 0 fully saturated rings. The highest BCUT2D eigenvalue weighted by atomic mass is 16.3. The van der Waals surface area contributed by atoms with Crippen molar-refractivity contribution in [1.82, 2.24) is 15.0 Å². The highest BCUT2D eigenvalue weighted by Gasteiger charge is 2.52. The second-order valence-electron chi connectivity index (χ2n) is 17.8. The summed E-state index contributed by atoms with van der Waals surface area (Å²) in [6.07, 6.45) is 0. The van der Waals surface area contributed by atoms with Gasteiger partial charge in [-0.3, -0.25) is 0 Å². The van der Waals surface area contributed by atoms with E-state index in [1.807, 2.05) is 36.4 Å². The van der Waals surface area contributed by atoms with Crippen molar-refractivity contribution in [2.45, 2.75) is 5.41 Å². The van der Waals surface area contributed by atoms with E-state index in [4.69, 9.17) is 19.4 Å². The molecule has 4 nitrogen and oxygen atoms in total. The van der Waals surface area contributed by atoms with Gasteiger partial charge >= 0.3 is 0 Å². The van der Waals surface area contributed by atoms with E-state index in [0.717, 1.165) is 60.9 Å². The van der Waals surface area contributed by atoms with Gasteiger partial charge in [0.1, 0.15) is 11.2 Å². The van der Waals surface area contributed by atoms with Gasteiger partial charge in [-0.15, -0.1) is 0 Å². The molecule has 12 aromatic rings. The maximum absolute atomic E-state index is 6.22. The Morgan fingerprint density at radius 2 is 0.721 bits per heavy atom. The fourth-order valence-electron chi connectivity index (χ4n) is 11.3. The lowest BCUT2D eigenvalue weighted by Gasteiger charge is -2.30. The molecule has 2 heterocycles. The predicted molar refractivity (Wildman–Crippen MR) is 276 cm³/mol. The van der Waals surface area contributed by atoms with E-state index in [1.54, 1.807) is 0 Å². The van der Waals surface area contributed by atoms with Crippen LogP contribution in [0, 0.1) is 0 Å². The Labute approximate surface area is 393 Å². The largest absolute Gasteiger partial charge is 0.456 e. The van der Waals surface area contributed by atoms with Gasteiger partial charge in [-0.1, -0.05) is 212 Å². The molecule has 0 radical (unpaired) electrons. The second kappa shape index (κ2) is 15.0. The van der Waals surface area contributed by atoms with Crippen molar-refractivity contribution in [2.75, 3.05) is 0 Å². The molecular formula is C64H39N3O. The third kappa shape index (κ3) is 5.71. The Balaban J connectivity index is 0.859. The molecule has 0 N–H and O–H groups in total. The maximum atomic E-state index is 6.22. The van der Waals surface area contributed by atoms with Gasteiger partial charge in [0.25, 0.3) is 0 Å². The fraction of sp³-hybridized carbons (Fsp3) is 0.0156. The minimum atomic E-state index is -0.393. The molecule has 0 saturated heterocycles. The van der Waals surface area contributed by atoms with Gasteiger partial charge in [0.05, 0.1) is 5.41 Å². The standard InChI is InChI=1S/C64H39N3O/c1-2-16-41(17-3-1)61-65-62(42-36-34-40(35-37-42)47-27-15-33-58-60(47)52-25-7-11-32-57(52)68-58)67-63(66-61)46-21-13-19-44(39-46)43-18-12-20-45(38-43)48-26-14-31-56-59(48)51-24-6-10-30-55(51)64(56)53-28-8-4-22-49(53)50-23-5-9-29-54(50)64/h1-39H. The fourth-order valence-corrected chi connectivity index (χ4v) is 11.3. The van der Waals surface area contributed by atoms with E-state index in [9.17, 15) is 0 Å². The minimum absolute atomic E-state index is 0.393. The van der Waals surface area contributed by atoms with Gasteiger partial charge in [0.15, 0.2) is 17.5 Å².